The molecule has 0 unspecified atom stereocenters. The second-order valence-corrected chi connectivity index (χ2v) is 7.27. The van der Waals surface area contributed by atoms with Gasteiger partial charge in [0, 0.05) is 10.6 Å². The van der Waals surface area contributed by atoms with Crippen LogP contribution in [0.25, 0.3) is 10.2 Å². The van der Waals surface area contributed by atoms with Crippen LogP contribution in [0.2, 0.25) is 5.02 Å². The molecule has 0 bridgehead atoms. The van der Waals surface area contributed by atoms with Crippen molar-refractivity contribution < 1.29 is 18.3 Å². The van der Waals surface area contributed by atoms with E-state index in [1.165, 1.54) is 24.3 Å². The van der Waals surface area contributed by atoms with Gasteiger partial charge < -0.3 is 5.11 Å². The second-order valence-electron chi connectivity index (χ2n) is 5.82. The molecule has 1 aromatic heterocycles. The molecule has 1 aliphatic rings. The number of nitrogens with zero attached hydrogens (tertiary/aromatic N) is 3. The Balaban J connectivity index is 1.85. The Morgan fingerprint density at radius 2 is 1.81 bits per heavy atom. The van der Waals surface area contributed by atoms with Gasteiger partial charge in [-0.3, -0.25) is 0 Å². The van der Waals surface area contributed by atoms with Gasteiger partial charge in [-0.1, -0.05) is 47.2 Å². The molecule has 2 heterocycles. The molecule has 3 aromatic rings. The van der Waals surface area contributed by atoms with Crippen LogP contribution >= 0.6 is 22.9 Å². The Kier molecular flexibility index (Phi) is 3.94. The third-order valence-corrected chi connectivity index (χ3v) is 5.35. The van der Waals surface area contributed by atoms with Crippen LogP contribution in [0.3, 0.4) is 0 Å². The van der Waals surface area contributed by atoms with Crippen molar-refractivity contribution in [1.29, 1.82) is 0 Å². The van der Waals surface area contributed by atoms with Crippen molar-refractivity contribution in [2.24, 2.45) is 5.10 Å². The number of aromatic nitrogens is 1. The number of benzene rings is 2. The number of halogens is 4. The Labute approximate surface area is 155 Å². The van der Waals surface area contributed by atoms with Gasteiger partial charge in [0.05, 0.1) is 16.6 Å². The zero-order valence-electron chi connectivity index (χ0n) is 13.0. The molecule has 1 atom stereocenters. The summed E-state index contributed by atoms with van der Waals surface area (Å²) >= 11 is 7.02. The summed E-state index contributed by atoms with van der Waals surface area (Å²) < 4.78 is 40.6. The minimum Gasteiger partial charge on any atom is -0.365 e. The number of anilines is 1. The van der Waals surface area contributed by atoms with Crippen molar-refractivity contribution in [2.75, 3.05) is 5.01 Å². The monoisotopic (exact) mass is 397 g/mol. The molecule has 1 aliphatic heterocycles. The topological polar surface area (TPSA) is 48.7 Å². The molecule has 0 fully saturated rings. The molecular formula is C17H11ClF3N3OS. The van der Waals surface area contributed by atoms with Crippen LogP contribution in [-0.2, 0) is 5.72 Å². The first kappa shape index (κ1) is 17.3. The highest BCUT2D eigenvalue weighted by atomic mass is 35.5. The average Bonchev–Trinajstić information content (AvgIpc) is 3.16. The molecule has 2 aromatic carbocycles. The van der Waals surface area contributed by atoms with Gasteiger partial charge in [0.1, 0.15) is 5.71 Å². The first-order valence-corrected chi connectivity index (χ1v) is 8.76. The van der Waals surface area contributed by atoms with E-state index in [4.69, 9.17) is 11.6 Å². The summed E-state index contributed by atoms with van der Waals surface area (Å²) in [4.78, 5) is 4.33. The average molecular weight is 398 g/mol. The van der Waals surface area contributed by atoms with Crippen molar-refractivity contribution in [3.8, 4) is 0 Å². The Morgan fingerprint density at radius 1 is 1.12 bits per heavy atom. The van der Waals surface area contributed by atoms with Crippen LogP contribution in [-0.4, -0.2) is 22.0 Å². The summed E-state index contributed by atoms with van der Waals surface area (Å²) in [5.41, 5.74) is -2.18. The molecule has 0 saturated carbocycles. The molecule has 0 amide bonds. The second kappa shape index (κ2) is 5.94. The van der Waals surface area contributed by atoms with Gasteiger partial charge in [-0.2, -0.15) is 18.3 Å². The van der Waals surface area contributed by atoms with Gasteiger partial charge in [-0.15, -0.1) is 0 Å². The number of aliphatic hydroxyl groups is 1. The third kappa shape index (κ3) is 2.84. The SMILES string of the molecule is O[C@@]1(c2ccc(Cl)cc2)CC(C(F)(F)F)=NN1c1nc2ccccc2s1. The third-order valence-electron chi connectivity index (χ3n) is 4.08. The maximum absolute atomic E-state index is 13.3. The van der Waals surface area contributed by atoms with Crippen LogP contribution in [0.5, 0.6) is 0 Å². The highest BCUT2D eigenvalue weighted by Crippen LogP contribution is 2.44. The fourth-order valence-electron chi connectivity index (χ4n) is 2.80. The zero-order valence-corrected chi connectivity index (χ0v) is 14.6. The molecular weight excluding hydrogens is 387 g/mol. The normalized spacial score (nSPS) is 20.7. The fourth-order valence-corrected chi connectivity index (χ4v) is 3.91. The van der Waals surface area contributed by atoms with E-state index in [0.717, 1.165) is 21.0 Å². The summed E-state index contributed by atoms with van der Waals surface area (Å²) in [6.07, 6.45) is -5.35. The number of rotatable bonds is 2. The van der Waals surface area contributed by atoms with Gasteiger partial charge >= 0.3 is 6.18 Å². The van der Waals surface area contributed by atoms with Gasteiger partial charge in [0.25, 0.3) is 0 Å². The van der Waals surface area contributed by atoms with Crippen LogP contribution < -0.4 is 5.01 Å². The maximum atomic E-state index is 13.3. The first-order chi connectivity index (χ1) is 12.3. The van der Waals surface area contributed by atoms with E-state index in [1.54, 1.807) is 12.1 Å². The summed E-state index contributed by atoms with van der Waals surface area (Å²) in [6, 6.07) is 13.1. The first-order valence-electron chi connectivity index (χ1n) is 7.56. The van der Waals surface area contributed by atoms with Crippen molar-refractivity contribution in [1.82, 2.24) is 4.98 Å². The molecule has 1 N–H and O–H groups in total. The molecule has 134 valence electrons. The highest BCUT2D eigenvalue weighted by Gasteiger charge is 2.52. The number of alkyl halides is 3. The smallest absolute Gasteiger partial charge is 0.365 e. The standard InChI is InChI=1S/C17H11ClF3N3OS/c18-11-7-5-10(6-8-11)16(25)9-14(17(19,20)21)23-24(16)15-22-12-3-1-2-4-13(12)26-15/h1-8,25H,9H2/t16-/m1/s1. The lowest BCUT2D eigenvalue weighted by Crippen LogP contribution is -2.40. The fraction of sp³-hybridized carbons (Fsp3) is 0.176. The summed E-state index contributed by atoms with van der Waals surface area (Å²) in [5, 5.41) is 16.4. The zero-order chi connectivity index (χ0) is 18.5. The minimum absolute atomic E-state index is 0.183. The highest BCUT2D eigenvalue weighted by molar-refractivity contribution is 7.22. The van der Waals surface area contributed by atoms with Gasteiger partial charge in [0.15, 0.2) is 5.72 Å². The Morgan fingerprint density at radius 3 is 2.46 bits per heavy atom. The molecule has 0 spiro atoms. The van der Waals surface area contributed by atoms with Gasteiger partial charge in [-0.25, -0.2) is 9.99 Å². The van der Waals surface area contributed by atoms with Crippen LogP contribution in [0.15, 0.2) is 53.6 Å². The molecule has 9 heteroatoms. The van der Waals surface area contributed by atoms with Crippen molar-refractivity contribution in [3.05, 3.63) is 59.1 Å². The number of fused-ring (bicyclic) bond motifs is 1. The molecule has 0 radical (unpaired) electrons. The Hall–Kier alpha value is -2.16. The summed E-state index contributed by atoms with van der Waals surface area (Å²) in [6.45, 7) is 0. The van der Waals surface area contributed by atoms with E-state index in [-0.39, 0.29) is 10.7 Å². The van der Waals surface area contributed by atoms with Crippen LogP contribution in [0.4, 0.5) is 18.3 Å². The van der Waals surface area contributed by atoms with E-state index < -0.39 is 24.0 Å². The lowest BCUT2D eigenvalue weighted by Gasteiger charge is -2.31. The largest absolute Gasteiger partial charge is 0.431 e. The lowest BCUT2D eigenvalue weighted by molar-refractivity contribution is -0.0626. The quantitative estimate of drug-likeness (QED) is 0.667. The number of thiazole rings is 1. The number of hydrazone groups is 1. The molecule has 26 heavy (non-hydrogen) atoms. The summed E-state index contributed by atoms with van der Waals surface area (Å²) in [7, 11) is 0. The molecule has 0 saturated heterocycles. The van der Waals surface area contributed by atoms with E-state index in [9.17, 15) is 18.3 Å². The van der Waals surface area contributed by atoms with Crippen LogP contribution in [0.1, 0.15) is 12.0 Å². The van der Waals surface area contributed by atoms with E-state index in [2.05, 4.69) is 10.1 Å². The number of hydrogen-bond acceptors (Lipinski definition) is 5. The minimum atomic E-state index is -4.65. The number of hydrogen-bond donors (Lipinski definition) is 1. The number of para-hydroxylation sites is 1. The van der Waals surface area contributed by atoms with E-state index >= 15 is 0 Å². The molecule has 4 nitrogen and oxygen atoms in total. The predicted octanol–water partition coefficient (Wildman–Crippen LogP) is 4.92. The van der Waals surface area contributed by atoms with Crippen molar-refractivity contribution in [3.63, 3.8) is 0 Å². The lowest BCUT2D eigenvalue weighted by atomic mass is 9.97. The van der Waals surface area contributed by atoms with Crippen molar-refractivity contribution in [2.45, 2.75) is 18.3 Å². The van der Waals surface area contributed by atoms with E-state index in [1.807, 2.05) is 12.1 Å². The molecule has 0 aliphatic carbocycles. The Bertz CT molecular complexity index is 969. The molecule has 4 rings (SSSR count). The maximum Gasteiger partial charge on any atom is 0.431 e. The van der Waals surface area contributed by atoms with Crippen molar-refractivity contribution >= 4 is 44.0 Å². The predicted molar refractivity (Wildman–Crippen MR) is 95.6 cm³/mol. The summed E-state index contributed by atoms with van der Waals surface area (Å²) in [5.74, 6) is 0. The van der Waals surface area contributed by atoms with Gasteiger partial charge in [-0.05, 0) is 24.3 Å². The van der Waals surface area contributed by atoms with Crippen LogP contribution in [0, 0.1) is 0 Å². The van der Waals surface area contributed by atoms with E-state index in [0.29, 0.717) is 10.5 Å². The van der Waals surface area contributed by atoms with Gasteiger partial charge in [0.2, 0.25) is 5.13 Å².